The van der Waals surface area contributed by atoms with Crippen molar-refractivity contribution in [2.75, 3.05) is 26.4 Å². The van der Waals surface area contributed by atoms with Gasteiger partial charge >= 0.3 is 0 Å². The topological polar surface area (TPSA) is 32.8 Å². The highest BCUT2D eigenvalue weighted by Gasteiger charge is 2.53. The van der Waals surface area contributed by atoms with E-state index in [1.807, 2.05) is 35.2 Å². The summed E-state index contributed by atoms with van der Waals surface area (Å²) in [5.41, 5.74) is 0.866. The van der Waals surface area contributed by atoms with Gasteiger partial charge in [-0.2, -0.15) is 0 Å². The monoisotopic (exact) mass is 510 g/mol. The molecule has 0 spiro atoms. The van der Waals surface area contributed by atoms with Crippen LogP contribution in [0.4, 0.5) is 0 Å². The summed E-state index contributed by atoms with van der Waals surface area (Å²) >= 11 is 0. The standard InChI is InChI=1S/C32H38N2O2Si/c1-31(2,3)37(28-16-9-5-10-17-28,29-18-11-6-12-19-29)36-25-32(20-21-32)24-33-22-13-23-34(26-33)30(35)27-14-7-4-8-15-27/h4-19,22H,20-21,23-26H2,1-3H3. The van der Waals surface area contributed by atoms with Gasteiger partial charge in [0, 0.05) is 30.7 Å². The highest BCUT2D eigenvalue weighted by Crippen LogP contribution is 2.48. The number of amides is 1. The lowest BCUT2D eigenvalue weighted by Gasteiger charge is -2.44. The van der Waals surface area contributed by atoms with E-state index in [9.17, 15) is 4.79 Å². The predicted molar refractivity (Wildman–Crippen MR) is 153 cm³/mol. The average molecular weight is 511 g/mol. The molecule has 1 aliphatic heterocycles. The summed E-state index contributed by atoms with van der Waals surface area (Å²) < 4.78 is 7.29. The summed E-state index contributed by atoms with van der Waals surface area (Å²) in [6.45, 7) is 9.90. The Morgan fingerprint density at radius 3 is 1.92 bits per heavy atom. The molecule has 192 valence electrons. The fraction of sp³-hybridized carbons (Fsp3) is 0.344. The van der Waals surface area contributed by atoms with Crippen LogP contribution in [0, 0.1) is 5.41 Å². The molecule has 5 heteroatoms. The van der Waals surface area contributed by atoms with Gasteiger partial charge in [-0.15, -0.1) is 0 Å². The first-order valence-corrected chi connectivity index (χ1v) is 15.2. The molecule has 3 aromatic carbocycles. The van der Waals surface area contributed by atoms with Crippen LogP contribution in [-0.4, -0.2) is 50.4 Å². The second kappa shape index (κ2) is 10.3. The van der Waals surface area contributed by atoms with Crippen LogP contribution in [0.5, 0.6) is 0 Å². The highest BCUT2D eigenvalue weighted by atomic mass is 28.4. The lowest BCUT2D eigenvalue weighted by atomic mass is 10.1. The molecule has 0 saturated heterocycles. The maximum absolute atomic E-state index is 13.1. The molecule has 0 unspecified atom stereocenters. The van der Waals surface area contributed by atoms with E-state index < -0.39 is 8.32 Å². The van der Waals surface area contributed by atoms with Crippen molar-refractivity contribution in [2.24, 2.45) is 5.41 Å². The third-order valence-electron chi connectivity index (χ3n) is 7.81. The summed E-state index contributed by atoms with van der Waals surface area (Å²) in [6.07, 6.45) is 6.57. The van der Waals surface area contributed by atoms with Gasteiger partial charge in [-0.05, 0) is 52.7 Å². The van der Waals surface area contributed by atoms with Crippen molar-refractivity contribution >= 4 is 24.6 Å². The molecule has 3 aromatic rings. The zero-order valence-electron chi connectivity index (χ0n) is 22.3. The van der Waals surface area contributed by atoms with E-state index in [2.05, 4.69) is 98.6 Å². The van der Waals surface area contributed by atoms with Gasteiger partial charge in [0.25, 0.3) is 14.2 Å². The Kier molecular flexibility index (Phi) is 7.10. The molecule has 1 aliphatic carbocycles. The molecule has 0 aromatic heterocycles. The fourth-order valence-corrected chi connectivity index (χ4v) is 10.3. The van der Waals surface area contributed by atoms with E-state index in [0.717, 1.165) is 31.6 Å². The molecule has 4 nitrogen and oxygen atoms in total. The number of hydrogen-bond acceptors (Lipinski definition) is 3. The van der Waals surface area contributed by atoms with Crippen molar-refractivity contribution in [2.45, 2.75) is 38.7 Å². The Labute approximate surface area is 222 Å². The zero-order valence-corrected chi connectivity index (χ0v) is 23.3. The van der Waals surface area contributed by atoms with Gasteiger partial charge in [0.1, 0.15) is 0 Å². The number of rotatable bonds is 8. The van der Waals surface area contributed by atoms with E-state index >= 15 is 0 Å². The van der Waals surface area contributed by atoms with Crippen LogP contribution >= 0.6 is 0 Å². The Morgan fingerprint density at radius 2 is 1.41 bits per heavy atom. The molecule has 0 N–H and O–H groups in total. The van der Waals surface area contributed by atoms with E-state index in [1.54, 1.807) is 0 Å². The average Bonchev–Trinajstić information content (AvgIpc) is 3.69. The molecule has 1 heterocycles. The molecule has 2 aliphatic rings. The van der Waals surface area contributed by atoms with Crippen LogP contribution < -0.4 is 10.4 Å². The quantitative estimate of drug-likeness (QED) is 0.387. The Balaban J connectivity index is 1.35. The van der Waals surface area contributed by atoms with E-state index in [0.29, 0.717) is 13.2 Å². The van der Waals surface area contributed by atoms with E-state index in [1.165, 1.54) is 10.4 Å². The van der Waals surface area contributed by atoms with Crippen LogP contribution in [0.15, 0.2) is 103 Å². The van der Waals surface area contributed by atoms with Gasteiger partial charge in [-0.3, -0.25) is 4.79 Å². The van der Waals surface area contributed by atoms with Crippen molar-refractivity contribution in [3.63, 3.8) is 0 Å². The molecule has 37 heavy (non-hydrogen) atoms. The first kappa shape index (κ1) is 25.5. The Morgan fingerprint density at radius 1 is 0.865 bits per heavy atom. The smallest absolute Gasteiger partial charge is 0.261 e. The summed E-state index contributed by atoms with van der Waals surface area (Å²) in [4.78, 5) is 17.3. The van der Waals surface area contributed by atoms with Crippen molar-refractivity contribution in [3.8, 4) is 0 Å². The SMILES string of the molecule is CC(C)(C)[Si](OCC1(CN2C=CCN(C(=O)c3ccccc3)C2)CC1)(c1ccccc1)c1ccccc1. The number of carbonyl (C=O) groups is 1. The number of benzene rings is 3. The Bertz CT molecular complexity index is 1180. The molecule has 5 rings (SSSR count). The summed E-state index contributed by atoms with van der Waals surface area (Å²) in [5, 5.41) is 2.61. The van der Waals surface area contributed by atoms with Crippen LogP contribution in [0.25, 0.3) is 0 Å². The van der Waals surface area contributed by atoms with Crippen molar-refractivity contribution in [1.29, 1.82) is 0 Å². The molecular formula is C32H38N2O2Si. The van der Waals surface area contributed by atoms with Gasteiger partial charge in [-0.1, -0.05) is 99.6 Å². The van der Waals surface area contributed by atoms with Crippen molar-refractivity contribution < 1.29 is 9.22 Å². The first-order valence-electron chi connectivity index (χ1n) is 13.3. The van der Waals surface area contributed by atoms with Gasteiger partial charge in [0.2, 0.25) is 0 Å². The number of carbonyl (C=O) groups excluding carboxylic acids is 1. The zero-order chi connectivity index (χ0) is 25.9. The van der Waals surface area contributed by atoms with E-state index in [4.69, 9.17) is 4.43 Å². The second-order valence-corrected chi connectivity index (χ2v) is 15.9. The molecule has 0 bridgehead atoms. The normalized spacial score (nSPS) is 17.1. The lowest BCUT2D eigenvalue weighted by molar-refractivity contribution is 0.0638. The third-order valence-corrected chi connectivity index (χ3v) is 12.8. The van der Waals surface area contributed by atoms with Crippen LogP contribution in [-0.2, 0) is 4.43 Å². The number of nitrogens with zero attached hydrogens (tertiary/aromatic N) is 2. The van der Waals surface area contributed by atoms with Gasteiger partial charge in [0.05, 0.1) is 6.67 Å². The Hall–Kier alpha value is -3.15. The van der Waals surface area contributed by atoms with Crippen molar-refractivity contribution in [3.05, 3.63) is 109 Å². The van der Waals surface area contributed by atoms with Crippen LogP contribution in [0.3, 0.4) is 0 Å². The van der Waals surface area contributed by atoms with Gasteiger partial charge in [-0.25, -0.2) is 0 Å². The largest absolute Gasteiger partial charge is 0.407 e. The minimum atomic E-state index is -2.56. The maximum atomic E-state index is 13.1. The second-order valence-electron chi connectivity index (χ2n) is 11.6. The summed E-state index contributed by atoms with van der Waals surface area (Å²) in [7, 11) is -2.56. The molecular weight excluding hydrogens is 472 g/mol. The maximum Gasteiger partial charge on any atom is 0.261 e. The van der Waals surface area contributed by atoms with Crippen LogP contribution in [0.2, 0.25) is 5.04 Å². The molecule has 0 atom stereocenters. The van der Waals surface area contributed by atoms with Gasteiger partial charge < -0.3 is 14.2 Å². The summed E-state index contributed by atoms with van der Waals surface area (Å²) in [6, 6.07) is 31.3. The van der Waals surface area contributed by atoms with E-state index in [-0.39, 0.29) is 16.4 Å². The summed E-state index contributed by atoms with van der Waals surface area (Å²) in [5.74, 6) is 0.0864. The minimum Gasteiger partial charge on any atom is -0.407 e. The lowest BCUT2D eigenvalue weighted by Crippen LogP contribution is -2.67. The van der Waals surface area contributed by atoms with Crippen LogP contribution in [0.1, 0.15) is 44.0 Å². The van der Waals surface area contributed by atoms with Gasteiger partial charge in [0.15, 0.2) is 0 Å². The third kappa shape index (κ3) is 5.29. The van der Waals surface area contributed by atoms with Crippen molar-refractivity contribution in [1.82, 2.24) is 9.80 Å². The predicted octanol–water partition coefficient (Wildman–Crippen LogP) is 5.27. The number of hydrogen-bond donors (Lipinski definition) is 0. The molecule has 1 fully saturated rings. The molecule has 1 saturated carbocycles. The fourth-order valence-electron chi connectivity index (χ4n) is 5.64. The minimum absolute atomic E-state index is 0.0320. The molecule has 0 radical (unpaired) electrons. The molecule has 1 amide bonds. The highest BCUT2D eigenvalue weighted by molar-refractivity contribution is 6.99. The first-order chi connectivity index (χ1) is 17.8.